The number of nitrogens with one attached hydrogen (secondary N) is 1. The predicted molar refractivity (Wildman–Crippen MR) is 138 cm³/mol. The lowest BCUT2D eigenvalue weighted by atomic mass is 9.87. The lowest BCUT2D eigenvalue weighted by Crippen LogP contribution is -2.14. The van der Waals surface area contributed by atoms with Gasteiger partial charge in [0.25, 0.3) is 0 Å². The minimum absolute atomic E-state index is 0.138. The van der Waals surface area contributed by atoms with Crippen LogP contribution in [-0.4, -0.2) is 50.4 Å². The second-order valence-electron chi connectivity index (χ2n) is 9.00. The molecule has 0 atom stereocenters. The summed E-state index contributed by atoms with van der Waals surface area (Å²) < 4.78 is 20.3. The third kappa shape index (κ3) is 5.05. The number of H-pyrrole nitrogens is 1. The van der Waals surface area contributed by atoms with Crippen molar-refractivity contribution in [2.75, 3.05) is 27.8 Å². The van der Waals surface area contributed by atoms with E-state index in [-0.39, 0.29) is 13.6 Å². The summed E-state index contributed by atoms with van der Waals surface area (Å²) in [6.07, 6.45) is 0. The van der Waals surface area contributed by atoms with E-state index in [9.17, 15) is 9.59 Å². The highest BCUT2D eigenvalue weighted by Crippen LogP contribution is 2.41. The summed E-state index contributed by atoms with van der Waals surface area (Å²) in [5.74, 6) is -0.969. The number of aliphatic imine (C=N–C) groups is 1. The average molecular weight is 495 g/mol. The molecule has 1 N–H and O–H groups in total. The number of carbonyl (C=O) groups excluding carboxylic acids is 2. The van der Waals surface area contributed by atoms with Crippen molar-refractivity contribution in [3.63, 3.8) is 0 Å². The maximum Gasteiger partial charge on any atom is 0.342 e. The van der Waals surface area contributed by atoms with Crippen molar-refractivity contribution in [2.24, 2.45) is 4.99 Å². The number of ether oxygens (including phenoxy) is 4. The Balaban J connectivity index is 2.35. The van der Waals surface area contributed by atoms with Gasteiger partial charge in [0, 0.05) is 25.5 Å². The molecular weight excluding hydrogens is 460 g/mol. The van der Waals surface area contributed by atoms with E-state index in [0.29, 0.717) is 33.8 Å². The van der Waals surface area contributed by atoms with Crippen molar-refractivity contribution in [1.82, 2.24) is 4.98 Å². The molecule has 0 unspecified atom stereocenters. The van der Waals surface area contributed by atoms with Crippen molar-refractivity contribution in [1.29, 1.82) is 0 Å². The summed E-state index contributed by atoms with van der Waals surface area (Å²) in [6.45, 7) is 13.2. The number of aromatic amines is 1. The minimum atomic E-state index is -0.495. The molecule has 1 aliphatic rings. The second-order valence-corrected chi connectivity index (χ2v) is 9.00. The van der Waals surface area contributed by atoms with Gasteiger partial charge in [-0.1, -0.05) is 17.7 Å². The van der Waals surface area contributed by atoms with E-state index < -0.39 is 11.9 Å². The van der Waals surface area contributed by atoms with Crippen LogP contribution in [0.5, 0.6) is 0 Å². The maximum atomic E-state index is 12.8. The van der Waals surface area contributed by atoms with E-state index in [1.807, 2.05) is 34.6 Å². The van der Waals surface area contributed by atoms with Crippen molar-refractivity contribution in [2.45, 2.75) is 48.5 Å². The third-order valence-corrected chi connectivity index (χ3v) is 6.25. The zero-order valence-corrected chi connectivity index (χ0v) is 22.5. The highest BCUT2D eigenvalue weighted by atomic mass is 16.7. The molecule has 0 saturated carbocycles. The van der Waals surface area contributed by atoms with Gasteiger partial charge in [-0.25, -0.2) is 9.59 Å². The number of hydrogen-bond acceptors (Lipinski definition) is 7. The first-order valence-corrected chi connectivity index (χ1v) is 11.6. The van der Waals surface area contributed by atoms with Crippen molar-refractivity contribution < 1.29 is 28.5 Å². The van der Waals surface area contributed by atoms with E-state index in [1.54, 1.807) is 6.92 Å². The third-order valence-electron chi connectivity index (χ3n) is 6.25. The van der Waals surface area contributed by atoms with Gasteiger partial charge in [0.15, 0.2) is 13.6 Å². The Kier molecular flexibility index (Phi) is 8.32. The normalized spacial score (nSPS) is 14.8. The fraction of sp³-hybridized carbons (Fsp3) is 0.393. The lowest BCUT2D eigenvalue weighted by molar-refractivity contribution is -0.148. The number of esters is 2. The van der Waals surface area contributed by atoms with Gasteiger partial charge < -0.3 is 23.9 Å². The molecule has 8 nitrogen and oxygen atoms in total. The van der Waals surface area contributed by atoms with Crippen LogP contribution in [0.4, 0.5) is 0 Å². The van der Waals surface area contributed by atoms with Gasteiger partial charge >= 0.3 is 11.9 Å². The highest BCUT2D eigenvalue weighted by molar-refractivity contribution is 6.22. The molecule has 192 valence electrons. The van der Waals surface area contributed by atoms with Crippen molar-refractivity contribution in [3.8, 4) is 0 Å². The first kappa shape index (κ1) is 27.1. The number of aromatic nitrogens is 1. The van der Waals surface area contributed by atoms with E-state index >= 15 is 0 Å². The molecule has 0 bridgehead atoms. The summed E-state index contributed by atoms with van der Waals surface area (Å²) in [5.41, 5.74) is 9.94. The molecule has 3 rings (SSSR count). The highest BCUT2D eigenvalue weighted by Gasteiger charge is 2.31. The number of rotatable bonds is 8. The average Bonchev–Trinajstić information content (AvgIpc) is 3.26. The zero-order chi connectivity index (χ0) is 26.7. The van der Waals surface area contributed by atoms with Gasteiger partial charge in [0.1, 0.15) is 0 Å². The van der Waals surface area contributed by atoms with Crippen LogP contribution in [0.25, 0.3) is 5.57 Å². The largest absolute Gasteiger partial charge is 0.435 e. The van der Waals surface area contributed by atoms with Crippen LogP contribution in [-0.2, 0) is 23.7 Å². The molecule has 0 saturated heterocycles. The minimum Gasteiger partial charge on any atom is -0.435 e. The smallest absolute Gasteiger partial charge is 0.342 e. The summed E-state index contributed by atoms with van der Waals surface area (Å²) in [5, 5.41) is 0. The Labute approximate surface area is 212 Å². The molecule has 2 heterocycles. The van der Waals surface area contributed by atoms with Crippen molar-refractivity contribution in [3.05, 3.63) is 73.7 Å². The van der Waals surface area contributed by atoms with Crippen LogP contribution in [0.2, 0.25) is 0 Å². The molecular formula is C28H34N2O6. The number of methoxy groups -OCH3 is 2. The predicted octanol–water partition coefficient (Wildman–Crippen LogP) is 5.02. The first-order chi connectivity index (χ1) is 17.0. The fourth-order valence-electron chi connectivity index (χ4n) is 4.85. The molecule has 1 aromatic heterocycles. The van der Waals surface area contributed by atoms with E-state index in [0.717, 1.165) is 39.1 Å². The molecule has 1 aliphatic heterocycles. The molecule has 1 aromatic carbocycles. The number of benzene rings is 1. The van der Waals surface area contributed by atoms with E-state index in [4.69, 9.17) is 23.9 Å². The van der Waals surface area contributed by atoms with Gasteiger partial charge in [0.05, 0.1) is 28.2 Å². The second kappa shape index (κ2) is 11.1. The molecule has 8 heteroatoms. The Hall–Kier alpha value is -3.49. The maximum absolute atomic E-state index is 12.8. The van der Waals surface area contributed by atoms with Gasteiger partial charge in [0.2, 0.25) is 0 Å². The molecule has 2 aromatic rings. The molecule has 0 radical (unpaired) electrons. The Morgan fingerprint density at radius 1 is 0.833 bits per heavy atom. The van der Waals surface area contributed by atoms with Crippen LogP contribution < -0.4 is 0 Å². The van der Waals surface area contributed by atoms with Crippen LogP contribution in [0.15, 0.2) is 34.0 Å². The lowest BCUT2D eigenvalue weighted by Gasteiger charge is -2.18. The summed E-state index contributed by atoms with van der Waals surface area (Å²) in [6, 6.07) is 4.22. The topological polar surface area (TPSA) is 99.2 Å². The number of nitrogens with zero attached hydrogens (tertiary/aromatic N) is 1. The molecule has 36 heavy (non-hydrogen) atoms. The van der Waals surface area contributed by atoms with Crippen molar-refractivity contribution >= 4 is 23.2 Å². The van der Waals surface area contributed by atoms with Gasteiger partial charge in [-0.15, -0.1) is 0 Å². The standard InChI is InChI=1S/C28H34N2O6/c1-14-10-15(2)21(16(3)11-14)24(25-17(4)22(19(6)29-25)27(31)35-12-33-8)26-18(5)23(20(7)30-26)28(32)36-13-34-9/h10-11,29H,12-13H2,1-9H3/b26-24-. The van der Waals surface area contributed by atoms with Gasteiger partial charge in [-0.05, 0) is 76.3 Å². The quantitative estimate of drug-likeness (QED) is 0.409. The Morgan fingerprint density at radius 3 is 1.94 bits per heavy atom. The number of hydrogen-bond donors (Lipinski definition) is 1. The summed E-state index contributed by atoms with van der Waals surface area (Å²) in [4.78, 5) is 33.9. The van der Waals surface area contributed by atoms with Crippen LogP contribution in [0.1, 0.15) is 63.4 Å². The monoisotopic (exact) mass is 494 g/mol. The van der Waals surface area contributed by atoms with Gasteiger partial charge in [-0.2, -0.15) is 0 Å². The first-order valence-electron chi connectivity index (χ1n) is 11.6. The van der Waals surface area contributed by atoms with Crippen LogP contribution in [0, 0.1) is 34.6 Å². The molecule has 0 amide bonds. The SMILES string of the molecule is COCOC(=O)C1=C(C)/C(=C(/c2[nH]c(C)c(C(=O)OCOC)c2C)c2c(C)cc(C)cc2C)N=C1C. The zero-order valence-electron chi connectivity index (χ0n) is 22.5. The summed E-state index contributed by atoms with van der Waals surface area (Å²) in [7, 11) is 2.92. The van der Waals surface area contributed by atoms with Crippen LogP contribution in [0.3, 0.4) is 0 Å². The number of allylic oxidation sites excluding steroid dienone is 1. The van der Waals surface area contributed by atoms with E-state index in [1.165, 1.54) is 14.2 Å². The molecule has 0 spiro atoms. The molecule has 0 fully saturated rings. The Bertz CT molecular complexity index is 1290. The summed E-state index contributed by atoms with van der Waals surface area (Å²) >= 11 is 0. The Morgan fingerprint density at radius 2 is 1.39 bits per heavy atom. The number of aryl methyl sites for hydroxylation is 4. The van der Waals surface area contributed by atoms with Gasteiger partial charge in [-0.3, -0.25) is 4.99 Å². The van der Waals surface area contributed by atoms with E-state index in [2.05, 4.69) is 24.0 Å². The fourth-order valence-corrected chi connectivity index (χ4v) is 4.85. The number of carbonyl (C=O) groups is 2. The van der Waals surface area contributed by atoms with Crippen LogP contribution >= 0.6 is 0 Å². The molecule has 0 aliphatic carbocycles.